The molecule has 0 unspecified atom stereocenters. The van der Waals surface area contributed by atoms with Crippen LogP contribution in [0.15, 0.2) is 66.1 Å². The van der Waals surface area contributed by atoms with Crippen molar-refractivity contribution in [3.8, 4) is 23.3 Å². The number of rotatable bonds is 7. The highest BCUT2D eigenvalue weighted by Gasteiger charge is 2.38. The van der Waals surface area contributed by atoms with Gasteiger partial charge in [0.05, 0.1) is 19.3 Å². The fourth-order valence-corrected chi connectivity index (χ4v) is 6.33. The molecule has 3 aromatic rings. The molecule has 206 valence electrons. The van der Waals surface area contributed by atoms with Gasteiger partial charge in [0, 0.05) is 55.1 Å². The second kappa shape index (κ2) is 12.6. The highest BCUT2D eigenvalue weighted by molar-refractivity contribution is 7.89. The second-order valence-electron chi connectivity index (χ2n) is 9.80. The minimum atomic E-state index is -3.93. The van der Waals surface area contributed by atoms with Gasteiger partial charge in [-0.3, -0.25) is 4.90 Å². The average molecular weight is 551 g/mol. The Morgan fingerprint density at radius 2 is 1.95 bits per heavy atom. The lowest BCUT2D eigenvalue weighted by molar-refractivity contribution is 0.0733. The molecule has 1 N–H and O–H groups in total. The Morgan fingerprint density at radius 3 is 2.67 bits per heavy atom. The van der Waals surface area contributed by atoms with Crippen LogP contribution in [0.25, 0.3) is 0 Å². The lowest BCUT2D eigenvalue weighted by atomic mass is 10.0. The van der Waals surface area contributed by atoms with Crippen molar-refractivity contribution in [2.45, 2.75) is 37.4 Å². The largest absolute Gasteiger partial charge is 0.495 e. The normalized spacial score (nSPS) is 19.5. The molecule has 0 amide bonds. The van der Waals surface area contributed by atoms with Crippen LogP contribution in [-0.4, -0.2) is 78.7 Å². The Bertz CT molecular complexity index is 1440. The zero-order valence-corrected chi connectivity index (χ0v) is 23.4. The van der Waals surface area contributed by atoms with E-state index in [-0.39, 0.29) is 35.8 Å². The average Bonchev–Trinajstić information content (AvgIpc) is 2.94. The van der Waals surface area contributed by atoms with Crippen LogP contribution in [0.3, 0.4) is 0 Å². The fourth-order valence-electron chi connectivity index (χ4n) is 4.50. The van der Waals surface area contributed by atoms with Crippen LogP contribution >= 0.6 is 0 Å². The summed E-state index contributed by atoms with van der Waals surface area (Å²) in [6.45, 7) is 4.74. The predicted octanol–water partition coefficient (Wildman–Crippen LogP) is 2.79. The Morgan fingerprint density at radius 1 is 1.21 bits per heavy atom. The third-order valence-electron chi connectivity index (χ3n) is 6.67. The van der Waals surface area contributed by atoms with Crippen LogP contribution in [0.4, 0.5) is 0 Å². The number of sulfonamides is 1. The van der Waals surface area contributed by atoms with Crippen molar-refractivity contribution in [2.24, 2.45) is 5.92 Å². The van der Waals surface area contributed by atoms with E-state index in [2.05, 4.69) is 26.7 Å². The predicted molar refractivity (Wildman–Crippen MR) is 148 cm³/mol. The third-order valence-corrected chi connectivity index (χ3v) is 8.69. The van der Waals surface area contributed by atoms with Crippen LogP contribution in [0.5, 0.6) is 11.5 Å². The minimum Gasteiger partial charge on any atom is -0.495 e. The van der Waals surface area contributed by atoms with Gasteiger partial charge >= 0.3 is 0 Å². The summed E-state index contributed by atoms with van der Waals surface area (Å²) in [4.78, 5) is 10.3. The van der Waals surface area contributed by atoms with Gasteiger partial charge in [-0.05, 0) is 44.3 Å². The smallest absolute Gasteiger partial charge is 0.247 e. The summed E-state index contributed by atoms with van der Waals surface area (Å²) in [6.07, 6.45) is 4.70. The van der Waals surface area contributed by atoms with Gasteiger partial charge < -0.3 is 14.6 Å². The summed E-state index contributed by atoms with van der Waals surface area (Å²) in [5.74, 6) is 6.95. The van der Waals surface area contributed by atoms with Crippen LogP contribution in [0.1, 0.15) is 30.5 Å². The first kappa shape index (κ1) is 28.5. The Labute approximate surface area is 230 Å². The van der Waals surface area contributed by atoms with Crippen LogP contribution in [0, 0.1) is 17.8 Å². The number of methoxy groups -OCH3 is 1. The molecule has 10 heteroatoms. The zero-order valence-electron chi connectivity index (χ0n) is 22.6. The molecule has 0 aliphatic carbocycles. The Kier molecular flexibility index (Phi) is 9.20. The van der Waals surface area contributed by atoms with Gasteiger partial charge in [0.1, 0.15) is 28.8 Å². The lowest BCUT2D eigenvalue weighted by Crippen LogP contribution is -2.49. The lowest BCUT2D eigenvalue weighted by Gasteiger charge is -2.37. The zero-order chi connectivity index (χ0) is 28.0. The van der Waals surface area contributed by atoms with E-state index in [4.69, 9.17) is 9.47 Å². The molecule has 0 bridgehead atoms. The van der Waals surface area contributed by atoms with E-state index < -0.39 is 16.1 Å². The number of ether oxygens (including phenoxy) is 2. The third kappa shape index (κ3) is 6.75. The standard InChI is InChI=1S/C29H34N4O5S/c1-21-16-33(22(2)19-34)39(35,36)29-12-10-23(9-11-25-7-5-6-8-26(25)37-4)13-27(29)38-28(21)18-32(3)17-24-14-30-20-31-15-24/h5-8,10,12-15,20-22,28,34H,16-19H2,1-4H3/t21-,22-,28+/m0/s1. The molecule has 9 nitrogen and oxygen atoms in total. The first-order chi connectivity index (χ1) is 18.7. The first-order valence-electron chi connectivity index (χ1n) is 12.7. The van der Waals surface area contributed by atoms with Gasteiger partial charge in [-0.25, -0.2) is 18.4 Å². The molecule has 0 saturated carbocycles. The van der Waals surface area contributed by atoms with Crippen molar-refractivity contribution in [1.29, 1.82) is 0 Å². The molecule has 39 heavy (non-hydrogen) atoms. The Balaban J connectivity index is 1.71. The number of aliphatic hydroxyl groups excluding tert-OH is 1. The van der Waals surface area contributed by atoms with E-state index >= 15 is 0 Å². The number of para-hydroxylation sites is 1. The van der Waals surface area contributed by atoms with Crippen molar-refractivity contribution in [2.75, 3.05) is 33.9 Å². The van der Waals surface area contributed by atoms with Gasteiger partial charge in [0.2, 0.25) is 10.0 Å². The van der Waals surface area contributed by atoms with E-state index in [0.717, 1.165) is 11.1 Å². The van der Waals surface area contributed by atoms with Gasteiger partial charge in [0.25, 0.3) is 0 Å². The molecule has 0 saturated heterocycles. The number of likely N-dealkylation sites (N-methyl/N-ethyl adjacent to an activating group) is 1. The molecule has 1 aliphatic rings. The van der Waals surface area contributed by atoms with Crippen molar-refractivity contribution in [3.63, 3.8) is 0 Å². The molecular weight excluding hydrogens is 516 g/mol. The molecule has 2 heterocycles. The number of aromatic nitrogens is 2. The summed E-state index contributed by atoms with van der Waals surface area (Å²) in [5.41, 5.74) is 2.30. The fraction of sp³-hybridized carbons (Fsp3) is 0.379. The maximum atomic E-state index is 13.7. The second-order valence-corrected chi connectivity index (χ2v) is 11.7. The van der Waals surface area contributed by atoms with Gasteiger partial charge in [-0.2, -0.15) is 4.31 Å². The van der Waals surface area contributed by atoms with Crippen LogP contribution in [0.2, 0.25) is 0 Å². The van der Waals surface area contributed by atoms with Crippen molar-refractivity contribution in [1.82, 2.24) is 19.2 Å². The summed E-state index contributed by atoms with van der Waals surface area (Å²) < 4.78 is 40.7. The highest BCUT2D eigenvalue weighted by Crippen LogP contribution is 2.34. The van der Waals surface area contributed by atoms with E-state index in [9.17, 15) is 13.5 Å². The molecule has 0 spiro atoms. The quantitative estimate of drug-likeness (QED) is 0.448. The van der Waals surface area contributed by atoms with Crippen LogP contribution < -0.4 is 9.47 Å². The number of nitrogens with zero attached hydrogens (tertiary/aromatic N) is 4. The maximum Gasteiger partial charge on any atom is 0.247 e. The molecule has 0 fully saturated rings. The van der Waals surface area contributed by atoms with Crippen molar-refractivity contribution >= 4 is 10.0 Å². The summed E-state index contributed by atoms with van der Waals surface area (Å²) >= 11 is 0. The van der Waals surface area contributed by atoms with Crippen molar-refractivity contribution in [3.05, 3.63) is 77.9 Å². The SMILES string of the molecule is COc1ccccc1C#Cc1ccc2c(c1)O[C@H](CN(C)Cc1cncnc1)[C@@H](C)CN([C@@H](C)CO)S2(=O)=O. The number of fused-ring (bicyclic) bond motifs is 1. The van der Waals surface area contributed by atoms with E-state index in [1.807, 2.05) is 38.2 Å². The molecule has 3 atom stereocenters. The summed E-state index contributed by atoms with van der Waals surface area (Å²) in [7, 11) is -0.367. The molecule has 0 radical (unpaired) electrons. The van der Waals surface area contributed by atoms with Crippen LogP contribution in [-0.2, 0) is 16.6 Å². The number of benzene rings is 2. The number of aliphatic hydroxyl groups is 1. The van der Waals surface area contributed by atoms with E-state index in [0.29, 0.717) is 24.4 Å². The molecule has 2 aromatic carbocycles. The van der Waals surface area contributed by atoms with E-state index in [1.54, 1.807) is 38.6 Å². The minimum absolute atomic E-state index is 0.0571. The maximum absolute atomic E-state index is 13.7. The summed E-state index contributed by atoms with van der Waals surface area (Å²) in [6, 6.07) is 11.7. The monoisotopic (exact) mass is 550 g/mol. The summed E-state index contributed by atoms with van der Waals surface area (Å²) in [5, 5.41) is 9.87. The number of hydrogen-bond donors (Lipinski definition) is 1. The van der Waals surface area contributed by atoms with E-state index in [1.165, 1.54) is 16.7 Å². The number of hydrogen-bond acceptors (Lipinski definition) is 8. The van der Waals surface area contributed by atoms with Crippen molar-refractivity contribution < 1.29 is 23.0 Å². The first-order valence-corrected chi connectivity index (χ1v) is 14.2. The van der Waals surface area contributed by atoms with Gasteiger partial charge in [0.15, 0.2) is 0 Å². The molecule has 4 rings (SSSR count). The molecule has 1 aromatic heterocycles. The van der Waals surface area contributed by atoms with Gasteiger partial charge in [-0.15, -0.1) is 0 Å². The molecule has 1 aliphatic heterocycles. The Hall–Kier alpha value is -3.49. The topological polar surface area (TPSA) is 105 Å². The highest BCUT2D eigenvalue weighted by atomic mass is 32.2. The van der Waals surface area contributed by atoms with Gasteiger partial charge in [-0.1, -0.05) is 30.9 Å². The molecular formula is C29H34N4O5S.